The number of ether oxygens (including phenoxy) is 1. The predicted molar refractivity (Wildman–Crippen MR) is 64.4 cm³/mol. The smallest absolute Gasteiger partial charge is 0.422 e. The summed E-state index contributed by atoms with van der Waals surface area (Å²) in [6.45, 7) is -0.146. The maximum Gasteiger partial charge on any atom is 0.422 e. The minimum absolute atomic E-state index is 0. The number of hydrogen-bond donors (Lipinski definition) is 1. The van der Waals surface area contributed by atoms with E-state index in [1.807, 2.05) is 0 Å². The number of fused-ring (bicyclic) bond motifs is 1. The van der Waals surface area contributed by atoms with Crippen molar-refractivity contribution in [3.05, 3.63) is 23.0 Å². The molecule has 0 saturated heterocycles. The number of esters is 1. The van der Waals surface area contributed by atoms with Crippen LogP contribution in [0.25, 0.3) is 0 Å². The Morgan fingerprint density at radius 1 is 1.53 bits per heavy atom. The minimum atomic E-state index is -4.50. The fourth-order valence-electron chi connectivity index (χ4n) is 2.00. The van der Waals surface area contributed by atoms with Crippen LogP contribution in [0.2, 0.25) is 0 Å². The van der Waals surface area contributed by atoms with E-state index in [4.69, 9.17) is 0 Å². The lowest BCUT2D eigenvalue weighted by molar-refractivity contribution is -0.161. The first-order chi connectivity index (χ1) is 8.38. The van der Waals surface area contributed by atoms with Crippen molar-refractivity contribution in [2.75, 3.05) is 13.2 Å². The van der Waals surface area contributed by atoms with Crippen molar-refractivity contribution in [3.63, 3.8) is 0 Å². The summed E-state index contributed by atoms with van der Waals surface area (Å²) in [5, 5.41) is 3.14. The molecule has 2 heterocycles. The van der Waals surface area contributed by atoms with E-state index in [1.54, 1.807) is 17.7 Å². The molecule has 108 valence electrons. The number of alkyl halides is 3. The second-order valence-corrected chi connectivity index (χ2v) is 4.18. The molecule has 0 saturated carbocycles. The van der Waals surface area contributed by atoms with Crippen molar-refractivity contribution >= 4 is 18.4 Å². The second-order valence-electron chi connectivity index (χ2n) is 4.18. The first-order valence-electron chi connectivity index (χ1n) is 5.50. The van der Waals surface area contributed by atoms with Crippen molar-refractivity contribution in [1.29, 1.82) is 0 Å². The number of aromatic nitrogens is 1. The van der Waals surface area contributed by atoms with Crippen LogP contribution in [0.5, 0.6) is 0 Å². The molecule has 0 unspecified atom stereocenters. The normalized spacial score (nSPS) is 14.5. The Morgan fingerprint density at radius 2 is 2.21 bits per heavy atom. The van der Waals surface area contributed by atoms with Crippen LogP contribution in [0, 0.1) is 0 Å². The SMILES string of the molecule is Cl.Cn1c(C(=O)OCC(F)(F)F)cc2c1CNCC2. The molecule has 0 bridgehead atoms. The summed E-state index contributed by atoms with van der Waals surface area (Å²) in [7, 11) is 1.65. The highest BCUT2D eigenvalue weighted by molar-refractivity contribution is 5.88. The van der Waals surface area contributed by atoms with Gasteiger partial charge in [-0.25, -0.2) is 4.79 Å². The zero-order valence-corrected chi connectivity index (χ0v) is 11.0. The second kappa shape index (κ2) is 5.83. The third-order valence-corrected chi connectivity index (χ3v) is 2.89. The molecular weight excluding hydrogens is 285 g/mol. The van der Waals surface area contributed by atoms with Gasteiger partial charge in [-0.3, -0.25) is 0 Å². The molecule has 0 aromatic carbocycles. The number of carbonyl (C=O) groups is 1. The average molecular weight is 299 g/mol. The molecule has 4 nitrogen and oxygen atoms in total. The van der Waals surface area contributed by atoms with E-state index in [1.165, 1.54) is 0 Å². The summed E-state index contributed by atoms with van der Waals surface area (Å²) in [4.78, 5) is 11.6. The molecule has 0 aliphatic carbocycles. The van der Waals surface area contributed by atoms with Gasteiger partial charge in [0.2, 0.25) is 0 Å². The van der Waals surface area contributed by atoms with Gasteiger partial charge < -0.3 is 14.6 Å². The van der Waals surface area contributed by atoms with Gasteiger partial charge in [0.1, 0.15) is 5.69 Å². The predicted octanol–water partition coefficient (Wildman–Crippen LogP) is 1.81. The highest BCUT2D eigenvalue weighted by Crippen LogP contribution is 2.20. The van der Waals surface area contributed by atoms with Crippen molar-refractivity contribution in [1.82, 2.24) is 9.88 Å². The molecule has 2 rings (SSSR count). The van der Waals surface area contributed by atoms with Crippen LogP contribution in [0.4, 0.5) is 13.2 Å². The van der Waals surface area contributed by atoms with Gasteiger partial charge in [-0.05, 0) is 24.6 Å². The lowest BCUT2D eigenvalue weighted by Gasteiger charge is -2.14. The van der Waals surface area contributed by atoms with Crippen LogP contribution < -0.4 is 5.32 Å². The van der Waals surface area contributed by atoms with Crippen molar-refractivity contribution in [3.8, 4) is 0 Å². The number of rotatable bonds is 2. The minimum Gasteiger partial charge on any atom is -0.451 e. The third-order valence-electron chi connectivity index (χ3n) is 2.89. The topological polar surface area (TPSA) is 43.3 Å². The molecule has 8 heteroatoms. The van der Waals surface area contributed by atoms with Crippen molar-refractivity contribution in [2.45, 2.75) is 19.1 Å². The number of hydrogen-bond acceptors (Lipinski definition) is 3. The first kappa shape index (κ1) is 15.8. The molecule has 1 aromatic heterocycles. The van der Waals surface area contributed by atoms with Gasteiger partial charge in [-0.15, -0.1) is 12.4 Å². The third kappa shape index (κ3) is 3.63. The van der Waals surface area contributed by atoms with Gasteiger partial charge in [-0.2, -0.15) is 13.2 Å². The fraction of sp³-hybridized carbons (Fsp3) is 0.545. The zero-order chi connectivity index (χ0) is 13.3. The molecule has 1 aromatic rings. The molecule has 0 spiro atoms. The molecule has 19 heavy (non-hydrogen) atoms. The Bertz CT molecular complexity index is 471. The van der Waals surface area contributed by atoms with Gasteiger partial charge in [0.25, 0.3) is 0 Å². The Morgan fingerprint density at radius 3 is 2.79 bits per heavy atom. The van der Waals surface area contributed by atoms with E-state index in [9.17, 15) is 18.0 Å². The summed E-state index contributed by atoms with van der Waals surface area (Å²) in [6.07, 6.45) is -3.74. The quantitative estimate of drug-likeness (QED) is 0.847. The van der Waals surface area contributed by atoms with Crippen LogP contribution >= 0.6 is 12.4 Å². The van der Waals surface area contributed by atoms with E-state index in [2.05, 4.69) is 10.1 Å². The largest absolute Gasteiger partial charge is 0.451 e. The number of carbonyl (C=O) groups excluding carboxylic acids is 1. The maximum atomic E-state index is 12.0. The van der Waals surface area contributed by atoms with Gasteiger partial charge in [0.15, 0.2) is 6.61 Å². The van der Waals surface area contributed by atoms with Gasteiger partial charge in [-0.1, -0.05) is 0 Å². The molecule has 0 amide bonds. The lowest BCUT2D eigenvalue weighted by Crippen LogP contribution is -2.25. The molecule has 1 N–H and O–H groups in total. The number of nitrogens with one attached hydrogen (secondary N) is 1. The summed E-state index contributed by atoms with van der Waals surface area (Å²) in [5.41, 5.74) is 2.06. The lowest BCUT2D eigenvalue weighted by atomic mass is 10.1. The fourth-order valence-corrected chi connectivity index (χ4v) is 2.00. The van der Waals surface area contributed by atoms with Gasteiger partial charge in [0, 0.05) is 19.3 Å². The highest BCUT2D eigenvalue weighted by atomic mass is 35.5. The molecule has 1 aliphatic heterocycles. The van der Waals surface area contributed by atoms with Gasteiger partial charge in [0.05, 0.1) is 0 Å². The summed E-state index contributed by atoms with van der Waals surface area (Å²) in [6, 6.07) is 1.61. The Balaban J connectivity index is 0.00000180. The Hall–Kier alpha value is -1.21. The summed E-state index contributed by atoms with van der Waals surface area (Å²) < 4.78 is 41.7. The van der Waals surface area contributed by atoms with Gasteiger partial charge >= 0.3 is 12.1 Å². The van der Waals surface area contributed by atoms with Crippen molar-refractivity contribution < 1.29 is 22.7 Å². The summed E-state index contributed by atoms with van der Waals surface area (Å²) in [5.74, 6) is -0.941. The van der Waals surface area contributed by atoms with E-state index < -0.39 is 18.8 Å². The standard InChI is InChI=1S/C11H13F3N2O2.ClH/c1-16-8(10(17)18-6-11(12,13)14)4-7-2-3-15-5-9(7)16;/h4,15H,2-3,5-6H2,1H3;1H. The average Bonchev–Trinajstić information content (AvgIpc) is 2.64. The molecule has 0 fully saturated rings. The van der Waals surface area contributed by atoms with Crippen LogP contribution in [-0.2, 0) is 24.8 Å². The van der Waals surface area contributed by atoms with E-state index in [0.717, 1.165) is 24.2 Å². The van der Waals surface area contributed by atoms with E-state index in [0.29, 0.717) is 6.54 Å². The zero-order valence-electron chi connectivity index (χ0n) is 10.2. The molecule has 0 radical (unpaired) electrons. The monoisotopic (exact) mass is 298 g/mol. The molecule has 0 atom stereocenters. The van der Waals surface area contributed by atoms with Crippen LogP contribution in [0.3, 0.4) is 0 Å². The number of halogens is 4. The Kier molecular flexibility index (Phi) is 4.86. The summed E-state index contributed by atoms with van der Waals surface area (Å²) >= 11 is 0. The van der Waals surface area contributed by atoms with Crippen LogP contribution in [-0.4, -0.2) is 29.9 Å². The van der Waals surface area contributed by atoms with Crippen LogP contribution in [0.15, 0.2) is 6.07 Å². The molecule has 1 aliphatic rings. The maximum absolute atomic E-state index is 12.0. The Labute approximate surface area is 114 Å². The molecular formula is C11H14ClF3N2O2. The van der Waals surface area contributed by atoms with E-state index in [-0.39, 0.29) is 18.1 Å². The number of nitrogens with zero attached hydrogens (tertiary/aromatic N) is 1. The van der Waals surface area contributed by atoms with Crippen LogP contribution in [0.1, 0.15) is 21.7 Å². The van der Waals surface area contributed by atoms with Crippen molar-refractivity contribution in [2.24, 2.45) is 7.05 Å². The highest BCUT2D eigenvalue weighted by Gasteiger charge is 2.30. The first-order valence-corrected chi connectivity index (χ1v) is 5.50. The van der Waals surface area contributed by atoms with E-state index >= 15 is 0 Å².